The molecule has 0 aromatic heterocycles. The summed E-state index contributed by atoms with van der Waals surface area (Å²) in [4.78, 5) is 0. The van der Waals surface area contributed by atoms with Gasteiger partial charge in [-0.05, 0) is 44.1 Å². The average molecular weight is 255 g/mol. The molecule has 2 unspecified atom stereocenters. The molecule has 0 aromatic rings. The van der Waals surface area contributed by atoms with Gasteiger partial charge < -0.3 is 10.1 Å². The van der Waals surface area contributed by atoms with Crippen molar-refractivity contribution in [3.63, 3.8) is 0 Å². The van der Waals surface area contributed by atoms with E-state index in [1.807, 2.05) is 0 Å². The van der Waals surface area contributed by atoms with Crippen molar-refractivity contribution >= 4 is 0 Å². The third-order valence-electron chi connectivity index (χ3n) is 3.98. The molecule has 2 nitrogen and oxygen atoms in total. The Morgan fingerprint density at radius 2 is 2.06 bits per heavy atom. The van der Waals surface area contributed by atoms with Gasteiger partial charge in [-0.3, -0.25) is 0 Å². The third kappa shape index (κ3) is 6.19. The lowest BCUT2D eigenvalue weighted by Crippen LogP contribution is -2.40. The second-order valence-corrected chi connectivity index (χ2v) is 6.79. The molecule has 1 heterocycles. The minimum absolute atomic E-state index is 0.374. The molecule has 0 radical (unpaired) electrons. The molecule has 1 fully saturated rings. The fourth-order valence-corrected chi connectivity index (χ4v) is 2.75. The summed E-state index contributed by atoms with van der Waals surface area (Å²) in [6.45, 7) is 11.4. The standard InChI is InChI=1S/C16H33NO/c1-5-12-17-15(16(2,3)4)11-7-6-9-14-10-8-13-18-14/h14-15,17H,5-13H2,1-4H3. The van der Waals surface area contributed by atoms with Gasteiger partial charge in [0, 0.05) is 12.6 Å². The van der Waals surface area contributed by atoms with Crippen LogP contribution in [0.5, 0.6) is 0 Å². The van der Waals surface area contributed by atoms with Crippen LogP contribution in [0.25, 0.3) is 0 Å². The van der Waals surface area contributed by atoms with Crippen molar-refractivity contribution in [3.8, 4) is 0 Å². The summed E-state index contributed by atoms with van der Waals surface area (Å²) in [7, 11) is 0. The molecule has 0 saturated carbocycles. The maximum atomic E-state index is 5.68. The monoisotopic (exact) mass is 255 g/mol. The molecular formula is C16H33NO. The smallest absolute Gasteiger partial charge is 0.0576 e. The van der Waals surface area contributed by atoms with Gasteiger partial charge in [0.1, 0.15) is 0 Å². The van der Waals surface area contributed by atoms with E-state index in [2.05, 4.69) is 33.0 Å². The van der Waals surface area contributed by atoms with Crippen LogP contribution in [-0.4, -0.2) is 25.3 Å². The van der Waals surface area contributed by atoms with Gasteiger partial charge >= 0.3 is 0 Å². The first kappa shape index (κ1) is 16.0. The lowest BCUT2D eigenvalue weighted by atomic mass is 9.83. The van der Waals surface area contributed by atoms with Gasteiger partial charge in [0.05, 0.1) is 6.10 Å². The first-order valence-electron chi connectivity index (χ1n) is 7.89. The number of rotatable bonds is 8. The highest BCUT2D eigenvalue weighted by Gasteiger charge is 2.23. The van der Waals surface area contributed by atoms with E-state index in [4.69, 9.17) is 4.74 Å². The Morgan fingerprint density at radius 3 is 2.61 bits per heavy atom. The lowest BCUT2D eigenvalue weighted by molar-refractivity contribution is 0.101. The van der Waals surface area contributed by atoms with E-state index in [9.17, 15) is 0 Å². The van der Waals surface area contributed by atoms with Gasteiger partial charge in [-0.25, -0.2) is 0 Å². The fourth-order valence-electron chi connectivity index (χ4n) is 2.75. The summed E-state index contributed by atoms with van der Waals surface area (Å²) < 4.78 is 5.68. The van der Waals surface area contributed by atoms with Crippen LogP contribution in [0.3, 0.4) is 0 Å². The van der Waals surface area contributed by atoms with Crippen molar-refractivity contribution in [3.05, 3.63) is 0 Å². The van der Waals surface area contributed by atoms with Crippen LogP contribution >= 0.6 is 0 Å². The summed E-state index contributed by atoms with van der Waals surface area (Å²) >= 11 is 0. The first-order valence-corrected chi connectivity index (χ1v) is 7.89. The zero-order valence-corrected chi connectivity index (χ0v) is 12.9. The molecule has 1 aliphatic rings. The number of hydrogen-bond acceptors (Lipinski definition) is 2. The van der Waals surface area contributed by atoms with Crippen LogP contribution in [0.15, 0.2) is 0 Å². The highest BCUT2D eigenvalue weighted by molar-refractivity contribution is 4.80. The fraction of sp³-hybridized carbons (Fsp3) is 1.00. The van der Waals surface area contributed by atoms with Crippen LogP contribution in [-0.2, 0) is 4.74 Å². The Labute approximate surface area is 114 Å². The van der Waals surface area contributed by atoms with Crippen LogP contribution in [0.2, 0.25) is 0 Å². The summed E-state index contributed by atoms with van der Waals surface area (Å²) in [6.07, 6.45) is 9.58. The topological polar surface area (TPSA) is 21.3 Å². The minimum atomic E-state index is 0.374. The molecule has 108 valence electrons. The molecule has 0 aliphatic carbocycles. The Hall–Kier alpha value is -0.0800. The predicted molar refractivity (Wildman–Crippen MR) is 79.0 cm³/mol. The van der Waals surface area contributed by atoms with Gasteiger partial charge in [-0.2, -0.15) is 0 Å². The highest BCUT2D eigenvalue weighted by atomic mass is 16.5. The zero-order chi connectivity index (χ0) is 13.4. The molecule has 2 atom stereocenters. The van der Waals surface area contributed by atoms with E-state index in [0.717, 1.165) is 13.2 Å². The molecule has 1 rings (SSSR count). The molecule has 0 spiro atoms. The molecule has 18 heavy (non-hydrogen) atoms. The van der Waals surface area contributed by atoms with E-state index in [1.54, 1.807) is 0 Å². The van der Waals surface area contributed by atoms with Gasteiger partial charge in [-0.1, -0.05) is 40.5 Å². The Balaban J connectivity index is 2.15. The first-order chi connectivity index (χ1) is 8.54. The number of nitrogens with one attached hydrogen (secondary N) is 1. The summed E-state index contributed by atoms with van der Waals surface area (Å²) in [5.41, 5.74) is 0.374. The largest absolute Gasteiger partial charge is 0.378 e. The second kappa shape index (κ2) is 8.16. The molecule has 0 amide bonds. The van der Waals surface area contributed by atoms with Crippen LogP contribution in [0.1, 0.15) is 72.6 Å². The molecule has 1 saturated heterocycles. The highest BCUT2D eigenvalue weighted by Crippen LogP contribution is 2.25. The van der Waals surface area contributed by atoms with E-state index in [-0.39, 0.29) is 0 Å². The van der Waals surface area contributed by atoms with Crippen molar-refractivity contribution in [1.82, 2.24) is 5.32 Å². The Bertz CT molecular complexity index is 204. The average Bonchev–Trinajstić information content (AvgIpc) is 2.79. The lowest BCUT2D eigenvalue weighted by Gasteiger charge is -2.32. The van der Waals surface area contributed by atoms with Crippen molar-refractivity contribution in [1.29, 1.82) is 0 Å². The van der Waals surface area contributed by atoms with Crippen LogP contribution in [0.4, 0.5) is 0 Å². The van der Waals surface area contributed by atoms with Crippen molar-refractivity contribution in [2.75, 3.05) is 13.2 Å². The van der Waals surface area contributed by atoms with E-state index < -0.39 is 0 Å². The molecule has 1 aliphatic heterocycles. The zero-order valence-electron chi connectivity index (χ0n) is 12.9. The van der Waals surface area contributed by atoms with Crippen LogP contribution in [0, 0.1) is 5.41 Å². The second-order valence-electron chi connectivity index (χ2n) is 6.79. The molecule has 0 aromatic carbocycles. The number of unbranched alkanes of at least 4 members (excludes halogenated alkanes) is 1. The maximum absolute atomic E-state index is 5.68. The van der Waals surface area contributed by atoms with Gasteiger partial charge in [0.15, 0.2) is 0 Å². The number of ether oxygens (including phenoxy) is 1. The Kier molecular flexibility index (Phi) is 7.25. The van der Waals surface area contributed by atoms with E-state index >= 15 is 0 Å². The quantitative estimate of drug-likeness (QED) is 0.658. The maximum Gasteiger partial charge on any atom is 0.0576 e. The van der Waals surface area contributed by atoms with Gasteiger partial charge in [-0.15, -0.1) is 0 Å². The Morgan fingerprint density at radius 1 is 1.28 bits per heavy atom. The number of hydrogen-bond donors (Lipinski definition) is 1. The molecule has 0 bridgehead atoms. The van der Waals surface area contributed by atoms with Gasteiger partial charge in [0.25, 0.3) is 0 Å². The minimum Gasteiger partial charge on any atom is -0.378 e. The molecule has 1 N–H and O–H groups in total. The summed E-state index contributed by atoms with van der Waals surface area (Å²) in [5.74, 6) is 0. The van der Waals surface area contributed by atoms with Crippen molar-refractivity contribution in [2.45, 2.75) is 84.8 Å². The van der Waals surface area contributed by atoms with E-state index in [0.29, 0.717) is 17.6 Å². The predicted octanol–water partition coefficient (Wildman–Crippen LogP) is 4.14. The van der Waals surface area contributed by atoms with Crippen molar-refractivity contribution < 1.29 is 4.74 Å². The van der Waals surface area contributed by atoms with Gasteiger partial charge in [0.2, 0.25) is 0 Å². The summed E-state index contributed by atoms with van der Waals surface area (Å²) in [6, 6.07) is 0.655. The third-order valence-corrected chi connectivity index (χ3v) is 3.98. The SMILES string of the molecule is CCCNC(CCCCC1CCCO1)C(C)(C)C. The molecular weight excluding hydrogens is 222 g/mol. The molecule has 2 heteroatoms. The van der Waals surface area contributed by atoms with Crippen molar-refractivity contribution in [2.24, 2.45) is 5.41 Å². The summed E-state index contributed by atoms with van der Waals surface area (Å²) in [5, 5.41) is 3.71. The normalized spacial score (nSPS) is 22.3. The van der Waals surface area contributed by atoms with E-state index in [1.165, 1.54) is 44.9 Å². The van der Waals surface area contributed by atoms with Crippen LogP contribution < -0.4 is 5.32 Å².